The summed E-state index contributed by atoms with van der Waals surface area (Å²) >= 11 is 0. The average Bonchev–Trinajstić information content (AvgIpc) is 3.36. The van der Waals surface area contributed by atoms with E-state index in [1.807, 2.05) is 0 Å². The Morgan fingerprint density at radius 3 is 2.64 bits per heavy atom. The quantitative estimate of drug-likeness (QED) is 0.160. The van der Waals surface area contributed by atoms with E-state index in [1.54, 1.807) is 31.5 Å². The number of ether oxygens (including phenoxy) is 1. The van der Waals surface area contributed by atoms with Crippen LogP contribution in [0.5, 0.6) is 0 Å². The number of nitrogens with zero attached hydrogens (tertiary/aromatic N) is 4. The SMILES string of the molecule is CCOC(=O)Cn1c(=O)c(=O)[nH]c2cc([N+](=O)[O-])c(-n3ccc(C(=O)NCc4ccncc4)c3)cc21. The van der Waals surface area contributed by atoms with Crippen molar-refractivity contribution in [3.05, 3.63) is 97.1 Å². The van der Waals surface area contributed by atoms with Gasteiger partial charge in [0.05, 0.1) is 28.1 Å². The normalized spacial score (nSPS) is 10.8. The van der Waals surface area contributed by atoms with Crippen molar-refractivity contribution >= 4 is 28.6 Å². The molecule has 0 fully saturated rings. The third-order valence-corrected chi connectivity index (χ3v) is 5.30. The van der Waals surface area contributed by atoms with Gasteiger partial charge in [0.15, 0.2) is 0 Å². The van der Waals surface area contributed by atoms with Gasteiger partial charge in [0.1, 0.15) is 12.2 Å². The first kappa shape index (κ1) is 24.1. The molecule has 0 unspecified atom stereocenters. The maximum atomic E-state index is 12.6. The number of H-pyrrole nitrogens is 1. The minimum atomic E-state index is -1.04. The van der Waals surface area contributed by atoms with Crippen LogP contribution < -0.4 is 16.4 Å². The number of amides is 1. The lowest BCUT2D eigenvalue weighted by Crippen LogP contribution is -2.38. The van der Waals surface area contributed by atoms with Gasteiger partial charge in [-0.1, -0.05) is 0 Å². The number of pyridine rings is 1. The number of nitro groups is 1. The molecule has 13 nitrogen and oxygen atoms in total. The molecule has 3 heterocycles. The van der Waals surface area contributed by atoms with Crippen LogP contribution in [0, 0.1) is 10.1 Å². The van der Waals surface area contributed by atoms with Crippen molar-refractivity contribution in [1.82, 2.24) is 24.4 Å². The molecule has 0 aliphatic rings. The number of fused-ring (bicyclic) bond motifs is 1. The van der Waals surface area contributed by atoms with Crippen molar-refractivity contribution in [3.63, 3.8) is 0 Å². The molecule has 36 heavy (non-hydrogen) atoms. The van der Waals surface area contributed by atoms with E-state index in [2.05, 4.69) is 15.3 Å². The molecular weight excluding hydrogens is 472 g/mol. The monoisotopic (exact) mass is 492 g/mol. The molecule has 1 aromatic carbocycles. The lowest BCUT2D eigenvalue weighted by atomic mass is 10.2. The Hall–Kier alpha value is -5.07. The molecule has 0 aliphatic heterocycles. The van der Waals surface area contributed by atoms with E-state index in [0.717, 1.165) is 16.2 Å². The van der Waals surface area contributed by atoms with Crippen molar-refractivity contribution in [1.29, 1.82) is 0 Å². The fraction of sp³-hybridized carbons (Fsp3) is 0.174. The van der Waals surface area contributed by atoms with Gasteiger partial charge in [-0.25, -0.2) is 0 Å². The molecule has 4 rings (SSSR count). The Labute approximate surface area is 202 Å². The van der Waals surface area contributed by atoms with Crippen LogP contribution in [0.3, 0.4) is 0 Å². The molecule has 4 aromatic rings. The van der Waals surface area contributed by atoms with E-state index < -0.39 is 34.5 Å². The van der Waals surface area contributed by atoms with E-state index in [0.29, 0.717) is 0 Å². The summed E-state index contributed by atoms with van der Waals surface area (Å²) < 4.78 is 7.12. The third-order valence-electron chi connectivity index (χ3n) is 5.30. The Bertz CT molecular complexity index is 1590. The summed E-state index contributed by atoms with van der Waals surface area (Å²) in [5.41, 5.74) is -1.28. The Morgan fingerprint density at radius 1 is 1.19 bits per heavy atom. The lowest BCUT2D eigenvalue weighted by Gasteiger charge is -2.12. The second kappa shape index (κ2) is 10.0. The zero-order valence-electron chi connectivity index (χ0n) is 19.0. The predicted molar refractivity (Wildman–Crippen MR) is 127 cm³/mol. The fourth-order valence-electron chi connectivity index (χ4n) is 3.61. The first-order chi connectivity index (χ1) is 17.3. The Morgan fingerprint density at radius 2 is 1.94 bits per heavy atom. The Balaban J connectivity index is 1.75. The molecule has 3 aromatic heterocycles. The summed E-state index contributed by atoms with van der Waals surface area (Å²) in [6.07, 6.45) is 6.06. The number of nitro benzene ring substituents is 1. The van der Waals surface area contributed by atoms with Gasteiger partial charge in [0.25, 0.3) is 11.6 Å². The van der Waals surface area contributed by atoms with Gasteiger partial charge in [0.2, 0.25) is 0 Å². The molecule has 0 bridgehead atoms. The van der Waals surface area contributed by atoms with Gasteiger partial charge in [0, 0.05) is 37.4 Å². The molecule has 0 aliphatic carbocycles. The molecular formula is C23H20N6O7. The molecule has 0 spiro atoms. The van der Waals surface area contributed by atoms with Crippen molar-refractivity contribution in [2.24, 2.45) is 0 Å². The third kappa shape index (κ3) is 4.89. The molecule has 0 saturated heterocycles. The summed E-state index contributed by atoms with van der Waals surface area (Å²) in [7, 11) is 0. The zero-order valence-corrected chi connectivity index (χ0v) is 19.0. The predicted octanol–water partition coefficient (Wildman–Crippen LogP) is 1.28. The van der Waals surface area contributed by atoms with Crippen LogP contribution in [0.15, 0.2) is 64.7 Å². The zero-order chi connectivity index (χ0) is 25.8. The highest BCUT2D eigenvalue weighted by molar-refractivity contribution is 5.94. The van der Waals surface area contributed by atoms with Crippen LogP contribution in [0.25, 0.3) is 16.7 Å². The van der Waals surface area contributed by atoms with Gasteiger partial charge in [-0.15, -0.1) is 0 Å². The summed E-state index contributed by atoms with van der Waals surface area (Å²) in [4.78, 5) is 66.6. The number of hydrogen-bond acceptors (Lipinski definition) is 8. The van der Waals surface area contributed by atoms with Crippen LogP contribution in [0.1, 0.15) is 22.8 Å². The van der Waals surface area contributed by atoms with E-state index in [1.165, 1.54) is 29.1 Å². The van der Waals surface area contributed by atoms with Crippen molar-refractivity contribution in [2.75, 3.05) is 6.61 Å². The van der Waals surface area contributed by atoms with Gasteiger partial charge >= 0.3 is 17.1 Å². The second-order valence-corrected chi connectivity index (χ2v) is 7.61. The molecule has 2 N–H and O–H groups in total. The maximum Gasteiger partial charge on any atom is 0.326 e. The van der Waals surface area contributed by atoms with Crippen LogP contribution in [0.4, 0.5) is 5.69 Å². The summed E-state index contributed by atoms with van der Waals surface area (Å²) in [6, 6.07) is 7.38. The van der Waals surface area contributed by atoms with Gasteiger partial charge in [-0.2, -0.15) is 0 Å². The second-order valence-electron chi connectivity index (χ2n) is 7.61. The largest absolute Gasteiger partial charge is 0.465 e. The first-order valence-electron chi connectivity index (χ1n) is 10.7. The molecule has 0 atom stereocenters. The van der Waals surface area contributed by atoms with Gasteiger partial charge in [-0.05, 0) is 36.8 Å². The number of hydrogen-bond donors (Lipinski definition) is 2. The van der Waals surface area contributed by atoms with Crippen molar-refractivity contribution in [3.8, 4) is 5.69 Å². The standard InChI is InChI=1S/C23H20N6O7/c1-2-36-20(30)13-28-17-10-18(19(29(34)35)9-16(17)26-22(32)23(28)33)27-8-5-15(12-27)21(31)25-11-14-3-6-24-7-4-14/h3-10,12H,2,11,13H2,1H3,(H,25,31)(H,26,32). The van der Waals surface area contributed by atoms with Crippen LogP contribution in [-0.2, 0) is 22.6 Å². The number of benzene rings is 1. The molecule has 13 heteroatoms. The topological polar surface area (TPSA) is 171 Å². The number of rotatable bonds is 8. The summed E-state index contributed by atoms with van der Waals surface area (Å²) in [5, 5.41) is 14.6. The number of aromatic nitrogens is 4. The number of esters is 1. The minimum absolute atomic E-state index is 0.0122. The van der Waals surface area contributed by atoms with E-state index >= 15 is 0 Å². The molecule has 0 radical (unpaired) electrons. The highest BCUT2D eigenvalue weighted by Gasteiger charge is 2.22. The van der Waals surface area contributed by atoms with Crippen LogP contribution >= 0.6 is 0 Å². The van der Waals surface area contributed by atoms with Crippen molar-refractivity contribution in [2.45, 2.75) is 20.0 Å². The van der Waals surface area contributed by atoms with E-state index in [9.17, 15) is 29.3 Å². The number of carbonyl (C=O) groups excluding carboxylic acids is 2. The van der Waals surface area contributed by atoms with E-state index in [-0.39, 0.29) is 41.1 Å². The highest BCUT2D eigenvalue weighted by Crippen LogP contribution is 2.28. The first-order valence-corrected chi connectivity index (χ1v) is 10.7. The van der Waals surface area contributed by atoms with Gasteiger partial charge < -0.3 is 19.6 Å². The van der Waals surface area contributed by atoms with E-state index in [4.69, 9.17) is 4.74 Å². The smallest absolute Gasteiger partial charge is 0.326 e. The average molecular weight is 492 g/mol. The fourth-order valence-corrected chi connectivity index (χ4v) is 3.61. The lowest BCUT2D eigenvalue weighted by molar-refractivity contribution is -0.384. The summed E-state index contributed by atoms with van der Waals surface area (Å²) in [6.45, 7) is 1.37. The molecule has 0 saturated carbocycles. The van der Waals surface area contributed by atoms with Gasteiger partial charge in [-0.3, -0.25) is 38.8 Å². The summed E-state index contributed by atoms with van der Waals surface area (Å²) in [5.74, 6) is -1.15. The van der Waals surface area contributed by atoms with Crippen molar-refractivity contribution < 1.29 is 19.2 Å². The number of carbonyl (C=O) groups is 2. The number of nitrogens with one attached hydrogen (secondary N) is 2. The van der Waals surface area contributed by atoms with Crippen LogP contribution in [0.2, 0.25) is 0 Å². The number of aromatic amines is 1. The molecule has 184 valence electrons. The Kier molecular flexibility index (Phi) is 6.72. The minimum Gasteiger partial charge on any atom is -0.465 e. The highest BCUT2D eigenvalue weighted by atomic mass is 16.6. The molecule has 1 amide bonds. The maximum absolute atomic E-state index is 12.6. The van der Waals surface area contributed by atoms with Crippen LogP contribution in [-0.4, -0.2) is 42.5 Å².